The molecule has 0 radical (unpaired) electrons. The summed E-state index contributed by atoms with van der Waals surface area (Å²) in [6, 6.07) is 9.23. The molecule has 80 valence electrons. The fourth-order valence-electron chi connectivity index (χ4n) is 1.26. The quantitative estimate of drug-likeness (QED) is 0.848. The molecule has 0 amide bonds. The van der Waals surface area contributed by atoms with Gasteiger partial charge in [-0.1, -0.05) is 11.3 Å². The number of anilines is 1. The SMILES string of the molecule is N#Cc1ccc(NCc2csc(=O)[nH]2)cc1. The Morgan fingerprint density at radius 3 is 2.69 bits per heavy atom. The summed E-state index contributed by atoms with van der Waals surface area (Å²) in [5, 5.41) is 13.6. The Labute approximate surface area is 96.2 Å². The lowest BCUT2D eigenvalue weighted by Gasteiger charge is -2.03. The monoisotopic (exact) mass is 231 g/mol. The highest BCUT2D eigenvalue weighted by Gasteiger charge is 1.97. The van der Waals surface area contributed by atoms with Crippen LogP contribution in [0.5, 0.6) is 0 Å². The fraction of sp³-hybridized carbons (Fsp3) is 0.0909. The third kappa shape index (κ3) is 2.49. The number of benzene rings is 1. The Morgan fingerprint density at radius 1 is 1.38 bits per heavy atom. The van der Waals surface area contributed by atoms with Crippen molar-refractivity contribution in [1.29, 1.82) is 5.26 Å². The molecule has 0 aliphatic rings. The van der Waals surface area contributed by atoms with Gasteiger partial charge in [0.15, 0.2) is 0 Å². The summed E-state index contributed by atoms with van der Waals surface area (Å²) in [6.45, 7) is 0.574. The van der Waals surface area contributed by atoms with E-state index in [4.69, 9.17) is 5.26 Å². The van der Waals surface area contributed by atoms with Crippen molar-refractivity contribution < 1.29 is 0 Å². The van der Waals surface area contributed by atoms with E-state index in [1.165, 1.54) is 0 Å². The number of nitriles is 1. The summed E-state index contributed by atoms with van der Waals surface area (Å²) < 4.78 is 0. The highest BCUT2D eigenvalue weighted by molar-refractivity contribution is 7.07. The molecule has 4 nitrogen and oxygen atoms in total. The maximum atomic E-state index is 10.9. The van der Waals surface area contributed by atoms with Crippen LogP contribution < -0.4 is 10.2 Å². The number of nitrogens with one attached hydrogen (secondary N) is 2. The first-order valence-electron chi connectivity index (χ1n) is 4.68. The lowest BCUT2D eigenvalue weighted by atomic mass is 10.2. The van der Waals surface area contributed by atoms with Crippen LogP contribution in [0.3, 0.4) is 0 Å². The van der Waals surface area contributed by atoms with Gasteiger partial charge in [0.05, 0.1) is 18.2 Å². The molecule has 0 atom stereocenters. The maximum absolute atomic E-state index is 10.9. The van der Waals surface area contributed by atoms with Crippen LogP contribution in [0.1, 0.15) is 11.3 Å². The number of thiazole rings is 1. The van der Waals surface area contributed by atoms with Gasteiger partial charge in [-0.15, -0.1) is 0 Å². The van der Waals surface area contributed by atoms with Crippen molar-refractivity contribution in [3.8, 4) is 6.07 Å². The highest BCUT2D eigenvalue weighted by Crippen LogP contribution is 2.10. The summed E-state index contributed by atoms with van der Waals surface area (Å²) in [6.07, 6.45) is 0. The molecular formula is C11H9N3OS. The predicted octanol–water partition coefficient (Wildman–Crippen LogP) is 1.92. The number of hydrogen-bond donors (Lipinski definition) is 2. The van der Waals surface area contributed by atoms with Crippen molar-refractivity contribution in [3.63, 3.8) is 0 Å². The van der Waals surface area contributed by atoms with Crippen molar-refractivity contribution >= 4 is 17.0 Å². The average Bonchev–Trinajstić information content (AvgIpc) is 2.73. The minimum Gasteiger partial charge on any atom is -0.379 e. The van der Waals surface area contributed by atoms with Crippen LogP contribution in [-0.2, 0) is 6.54 Å². The molecule has 0 saturated carbocycles. The molecule has 0 aliphatic carbocycles. The van der Waals surface area contributed by atoms with Gasteiger partial charge in [-0.2, -0.15) is 5.26 Å². The lowest BCUT2D eigenvalue weighted by molar-refractivity contribution is 1.06. The van der Waals surface area contributed by atoms with Gasteiger partial charge in [-0.25, -0.2) is 0 Å². The van der Waals surface area contributed by atoms with Gasteiger partial charge in [0, 0.05) is 16.8 Å². The normalized spacial score (nSPS) is 9.69. The summed E-state index contributed by atoms with van der Waals surface area (Å²) in [5.74, 6) is 0. The van der Waals surface area contributed by atoms with Gasteiger partial charge in [0.25, 0.3) is 0 Å². The lowest BCUT2D eigenvalue weighted by Crippen LogP contribution is -2.02. The first-order valence-corrected chi connectivity index (χ1v) is 5.56. The molecule has 1 aromatic heterocycles. The van der Waals surface area contributed by atoms with E-state index in [2.05, 4.69) is 16.4 Å². The molecule has 1 aromatic carbocycles. The Bertz CT molecular complexity index is 562. The van der Waals surface area contributed by atoms with Crippen LogP contribution in [0.15, 0.2) is 34.4 Å². The van der Waals surface area contributed by atoms with Crippen molar-refractivity contribution in [2.24, 2.45) is 0 Å². The molecule has 16 heavy (non-hydrogen) atoms. The van der Waals surface area contributed by atoms with Gasteiger partial charge in [-0.05, 0) is 24.3 Å². The van der Waals surface area contributed by atoms with E-state index in [0.29, 0.717) is 12.1 Å². The average molecular weight is 231 g/mol. The van der Waals surface area contributed by atoms with Crippen molar-refractivity contribution in [2.45, 2.75) is 6.54 Å². The Morgan fingerprint density at radius 2 is 2.12 bits per heavy atom. The molecule has 0 unspecified atom stereocenters. The summed E-state index contributed by atoms with van der Waals surface area (Å²) in [5.41, 5.74) is 2.42. The zero-order valence-electron chi connectivity index (χ0n) is 8.36. The van der Waals surface area contributed by atoms with E-state index < -0.39 is 0 Å². The largest absolute Gasteiger partial charge is 0.379 e. The fourth-order valence-corrected chi connectivity index (χ4v) is 1.84. The summed E-state index contributed by atoms with van der Waals surface area (Å²) in [7, 11) is 0. The molecule has 0 aliphatic heterocycles. The van der Waals surface area contributed by atoms with Crippen LogP contribution in [-0.4, -0.2) is 4.98 Å². The number of hydrogen-bond acceptors (Lipinski definition) is 4. The number of aromatic nitrogens is 1. The standard InChI is InChI=1S/C11H9N3OS/c12-5-8-1-3-9(4-2-8)13-6-10-7-16-11(15)14-10/h1-4,7,13H,6H2,(H,14,15). The van der Waals surface area contributed by atoms with Crippen molar-refractivity contribution in [3.05, 3.63) is 50.6 Å². The third-order valence-electron chi connectivity index (χ3n) is 2.07. The molecule has 5 heteroatoms. The topological polar surface area (TPSA) is 68.7 Å². The number of rotatable bonds is 3. The molecular weight excluding hydrogens is 222 g/mol. The first-order chi connectivity index (χ1) is 7.78. The van der Waals surface area contributed by atoms with E-state index in [9.17, 15) is 4.79 Å². The van der Waals surface area contributed by atoms with E-state index in [0.717, 1.165) is 22.7 Å². The Kier molecular flexibility index (Phi) is 3.03. The predicted molar refractivity (Wildman–Crippen MR) is 63.4 cm³/mol. The third-order valence-corrected chi connectivity index (χ3v) is 2.79. The van der Waals surface area contributed by atoms with E-state index in [1.54, 1.807) is 17.5 Å². The van der Waals surface area contributed by atoms with Crippen molar-refractivity contribution in [2.75, 3.05) is 5.32 Å². The minimum atomic E-state index is -0.0448. The molecule has 0 saturated heterocycles. The maximum Gasteiger partial charge on any atom is 0.304 e. The zero-order valence-corrected chi connectivity index (χ0v) is 9.17. The minimum absolute atomic E-state index is 0.0448. The number of nitrogens with zero attached hydrogens (tertiary/aromatic N) is 1. The van der Waals surface area contributed by atoms with Gasteiger partial charge in [-0.3, -0.25) is 4.79 Å². The van der Waals surface area contributed by atoms with Crippen LogP contribution in [0.25, 0.3) is 0 Å². The van der Waals surface area contributed by atoms with Crippen LogP contribution in [0, 0.1) is 11.3 Å². The highest BCUT2D eigenvalue weighted by atomic mass is 32.1. The zero-order chi connectivity index (χ0) is 11.4. The van der Waals surface area contributed by atoms with E-state index in [1.807, 2.05) is 12.1 Å². The van der Waals surface area contributed by atoms with Crippen LogP contribution in [0.2, 0.25) is 0 Å². The molecule has 2 N–H and O–H groups in total. The molecule has 0 spiro atoms. The van der Waals surface area contributed by atoms with E-state index >= 15 is 0 Å². The van der Waals surface area contributed by atoms with Gasteiger partial charge in [0.2, 0.25) is 0 Å². The van der Waals surface area contributed by atoms with Gasteiger partial charge >= 0.3 is 4.87 Å². The smallest absolute Gasteiger partial charge is 0.304 e. The molecule has 0 bridgehead atoms. The number of aromatic amines is 1. The summed E-state index contributed by atoms with van der Waals surface area (Å²) in [4.78, 5) is 13.6. The first kappa shape index (κ1) is 10.5. The second kappa shape index (κ2) is 4.64. The van der Waals surface area contributed by atoms with Crippen molar-refractivity contribution in [1.82, 2.24) is 4.98 Å². The van der Waals surface area contributed by atoms with Crippen LogP contribution >= 0.6 is 11.3 Å². The second-order valence-electron chi connectivity index (χ2n) is 3.22. The molecule has 2 aromatic rings. The van der Waals surface area contributed by atoms with Gasteiger partial charge in [0.1, 0.15) is 0 Å². The molecule has 2 rings (SSSR count). The number of H-pyrrole nitrogens is 1. The Hall–Kier alpha value is -2.06. The molecule has 1 heterocycles. The second-order valence-corrected chi connectivity index (χ2v) is 4.06. The summed E-state index contributed by atoms with van der Waals surface area (Å²) >= 11 is 1.15. The Balaban J connectivity index is 2.00. The van der Waals surface area contributed by atoms with Gasteiger partial charge < -0.3 is 10.3 Å². The molecule has 0 fully saturated rings. The van der Waals surface area contributed by atoms with E-state index in [-0.39, 0.29) is 4.87 Å². The van der Waals surface area contributed by atoms with Crippen LogP contribution in [0.4, 0.5) is 5.69 Å².